The van der Waals surface area contributed by atoms with E-state index in [1.807, 2.05) is 20.8 Å². The Kier molecular flexibility index (Phi) is 5.29. The van der Waals surface area contributed by atoms with Gasteiger partial charge in [0, 0.05) is 13.1 Å². The summed E-state index contributed by atoms with van der Waals surface area (Å²) in [6.07, 6.45) is 2.17. The Morgan fingerprint density at radius 1 is 1.35 bits per heavy atom. The van der Waals surface area contributed by atoms with Crippen molar-refractivity contribution >= 4 is 6.09 Å². The molecular formula is C16H27N3O4. The summed E-state index contributed by atoms with van der Waals surface area (Å²) in [5.74, 6) is 1.10. The lowest BCUT2D eigenvalue weighted by atomic mass is 9.88. The monoisotopic (exact) mass is 325 g/mol. The van der Waals surface area contributed by atoms with E-state index >= 15 is 0 Å². The van der Waals surface area contributed by atoms with Crippen LogP contribution >= 0.6 is 0 Å². The van der Waals surface area contributed by atoms with Gasteiger partial charge < -0.3 is 18.9 Å². The minimum absolute atomic E-state index is 0.249. The average molecular weight is 325 g/mol. The molecular weight excluding hydrogens is 298 g/mol. The third-order valence-electron chi connectivity index (χ3n) is 4.04. The highest BCUT2D eigenvalue weighted by Gasteiger charge is 2.37. The minimum atomic E-state index is -0.470. The molecule has 0 saturated carbocycles. The zero-order chi connectivity index (χ0) is 17.1. The molecule has 1 aliphatic rings. The maximum absolute atomic E-state index is 12.1. The van der Waals surface area contributed by atoms with E-state index in [4.69, 9.17) is 14.0 Å². The molecule has 2 rings (SSSR count). The van der Waals surface area contributed by atoms with Crippen LogP contribution in [0.2, 0.25) is 0 Å². The molecule has 1 aliphatic heterocycles. The van der Waals surface area contributed by atoms with Gasteiger partial charge in [-0.2, -0.15) is 4.98 Å². The molecule has 0 radical (unpaired) electrons. The molecule has 0 atom stereocenters. The number of hydrogen-bond acceptors (Lipinski definition) is 6. The molecule has 1 saturated heterocycles. The SMILES string of the molecule is CCC1(OCc2nc(C)no2)CCN(C(=O)OC(C)(C)C)CC1. The molecule has 130 valence electrons. The molecule has 2 heterocycles. The summed E-state index contributed by atoms with van der Waals surface area (Å²) in [5.41, 5.74) is -0.719. The number of piperidine rings is 1. The number of rotatable bonds is 4. The summed E-state index contributed by atoms with van der Waals surface area (Å²) >= 11 is 0. The zero-order valence-corrected chi connectivity index (χ0v) is 14.7. The number of carbonyl (C=O) groups is 1. The first-order valence-electron chi connectivity index (χ1n) is 8.14. The van der Waals surface area contributed by atoms with E-state index < -0.39 is 5.60 Å². The fourth-order valence-corrected chi connectivity index (χ4v) is 2.64. The number of amides is 1. The van der Waals surface area contributed by atoms with E-state index in [2.05, 4.69) is 17.1 Å². The highest BCUT2D eigenvalue weighted by Crippen LogP contribution is 2.31. The molecule has 0 aromatic carbocycles. The van der Waals surface area contributed by atoms with E-state index in [0.717, 1.165) is 19.3 Å². The third kappa shape index (κ3) is 4.92. The maximum atomic E-state index is 12.1. The van der Waals surface area contributed by atoms with Crippen molar-refractivity contribution in [3.8, 4) is 0 Å². The van der Waals surface area contributed by atoms with Crippen LogP contribution in [0.5, 0.6) is 0 Å². The van der Waals surface area contributed by atoms with Crippen molar-refractivity contribution in [1.29, 1.82) is 0 Å². The van der Waals surface area contributed by atoms with Gasteiger partial charge in [0.1, 0.15) is 12.2 Å². The van der Waals surface area contributed by atoms with Crippen molar-refractivity contribution in [2.45, 2.75) is 71.7 Å². The van der Waals surface area contributed by atoms with Crippen molar-refractivity contribution in [3.63, 3.8) is 0 Å². The van der Waals surface area contributed by atoms with Gasteiger partial charge in [0.15, 0.2) is 5.82 Å². The number of nitrogens with zero attached hydrogens (tertiary/aromatic N) is 3. The van der Waals surface area contributed by atoms with E-state index in [9.17, 15) is 4.79 Å². The lowest BCUT2D eigenvalue weighted by molar-refractivity contribution is -0.101. The summed E-state index contributed by atoms with van der Waals surface area (Å²) in [6, 6.07) is 0. The van der Waals surface area contributed by atoms with Crippen molar-refractivity contribution in [2.75, 3.05) is 13.1 Å². The van der Waals surface area contributed by atoms with E-state index in [-0.39, 0.29) is 11.7 Å². The molecule has 23 heavy (non-hydrogen) atoms. The highest BCUT2D eigenvalue weighted by atomic mass is 16.6. The Morgan fingerprint density at radius 2 is 2.00 bits per heavy atom. The first-order chi connectivity index (χ1) is 10.7. The van der Waals surface area contributed by atoms with Gasteiger partial charge in [-0.05, 0) is 47.0 Å². The predicted molar refractivity (Wildman–Crippen MR) is 83.9 cm³/mol. The smallest absolute Gasteiger partial charge is 0.410 e. The second kappa shape index (κ2) is 6.86. The van der Waals surface area contributed by atoms with Crippen molar-refractivity contribution in [2.24, 2.45) is 0 Å². The van der Waals surface area contributed by atoms with Crippen molar-refractivity contribution in [1.82, 2.24) is 15.0 Å². The third-order valence-corrected chi connectivity index (χ3v) is 4.04. The number of aromatic nitrogens is 2. The van der Waals surface area contributed by atoms with Gasteiger partial charge in [-0.15, -0.1) is 0 Å². The Hall–Kier alpha value is -1.63. The van der Waals surface area contributed by atoms with Crippen LogP contribution < -0.4 is 0 Å². The van der Waals surface area contributed by atoms with Crippen molar-refractivity contribution in [3.05, 3.63) is 11.7 Å². The highest BCUT2D eigenvalue weighted by molar-refractivity contribution is 5.68. The van der Waals surface area contributed by atoms with Crippen LogP contribution in [-0.4, -0.2) is 45.4 Å². The predicted octanol–water partition coefficient (Wildman–Crippen LogP) is 3.07. The largest absolute Gasteiger partial charge is 0.444 e. The Morgan fingerprint density at radius 3 is 2.48 bits per heavy atom. The van der Waals surface area contributed by atoms with Gasteiger partial charge in [0.2, 0.25) is 0 Å². The van der Waals surface area contributed by atoms with Gasteiger partial charge >= 0.3 is 6.09 Å². The topological polar surface area (TPSA) is 77.7 Å². The zero-order valence-electron chi connectivity index (χ0n) is 14.7. The summed E-state index contributed by atoms with van der Waals surface area (Å²) in [4.78, 5) is 18.0. The Labute approximate surface area is 137 Å². The molecule has 1 aromatic rings. The summed E-state index contributed by atoms with van der Waals surface area (Å²) in [5, 5.41) is 3.76. The first-order valence-corrected chi connectivity index (χ1v) is 8.14. The average Bonchev–Trinajstić information content (AvgIpc) is 2.89. The van der Waals surface area contributed by atoms with E-state index in [0.29, 0.717) is 31.4 Å². The molecule has 1 amide bonds. The van der Waals surface area contributed by atoms with Gasteiger partial charge in [-0.1, -0.05) is 12.1 Å². The van der Waals surface area contributed by atoms with E-state index in [1.54, 1.807) is 11.8 Å². The maximum Gasteiger partial charge on any atom is 0.410 e. The summed E-state index contributed by atoms with van der Waals surface area (Å²) < 4.78 is 16.6. The molecule has 0 aliphatic carbocycles. The van der Waals surface area contributed by atoms with Crippen LogP contribution in [0.4, 0.5) is 4.79 Å². The fraction of sp³-hybridized carbons (Fsp3) is 0.812. The fourth-order valence-electron chi connectivity index (χ4n) is 2.64. The number of carbonyl (C=O) groups excluding carboxylic acids is 1. The normalized spacial score (nSPS) is 18.0. The molecule has 0 unspecified atom stereocenters. The first kappa shape index (κ1) is 17.7. The molecule has 0 N–H and O–H groups in total. The molecule has 1 aromatic heterocycles. The van der Waals surface area contributed by atoms with Crippen LogP contribution in [0.1, 0.15) is 58.7 Å². The van der Waals surface area contributed by atoms with Crippen molar-refractivity contribution < 1.29 is 18.8 Å². The molecule has 1 fully saturated rings. The molecule has 7 nitrogen and oxygen atoms in total. The minimum Gasteiger partial charge on any atom is -0.444 e. The quantitative estimate of drug-likeness (QED) is 0.846. The van der Waals surface area contributed by atoms with Crippen LogP contribution in [0.25, 0.3) is 0 Å². The summed E-state index contributed by atoms with van der Waals surface area (Å²) in [7, 11) is 0. The van der Waals surface area contributed by atoms with Gasteiger partial charge in [-0.25, -0.2) is 4.79 Å². The standard InChI is InChI=1S/C16H27N3O4/c1-6-16(21-11-13-17-12(2)18-23-13)7-9-19(10-8-16)14(20)22-15(3,4)5/h6-11H2,1-5H3. The van der Waals surface area contributed by atoms with Gasteiger partial charge in [0.25, 0.3) is 5.89 Å². The van der Waals surface area contributed by atoms with Crippen LogP contribution in [0.15, 0.2) is 4.52 Å². The van der Waals surface area contributed by atoms with Gasteiger partial charge in [0.05, 0.1) is 5.60 Å². The van der Waals surface area contributed by atoms with Crippen LogP contribution in [-0.2, 0) is 16.1 Å². The second-order valence-electron chi connectivity index (χ2n) is 7.03. The number of hydrogen-bond donors (Lipinski definition) is 0. The van der Waals surface area contributed by atoms with E-state index in [1.165, 1.54) is 0 Å². The molecule has 0 spiro atoms. The van der Waals surface area contributed by atoms with Crippen LogP contribution in [0, 0.1) is 6.92 Å². The Balaban J connectivity index is 1.87. The second-order valence-corrected chi connectivity index (χ2v) is 7.03. The lowest BCUT2D eigenvalue weighted by Crippen LogP contribution is -2.49. The number of aryl methyl sites for hydroxylation is 1. The van der Waals surface area contributed by atoms with Crippen LogP contribution in [0.3, 0.4) is 0 Å². The molecule has 0 bridgehead atoms. The molecule has 7 heteroatoms. The number of ether oxygens (including phenoxy) is 2. The Bertz CT molecular complexity index is 528. The van der Waals surface area contributed by atoms with Gasteiger partial charge in [-0.3, -0.25) is 0 Å². The lowest BCUT2D eigenvalue weighted by Gasteiger charge is -2.41. The summed E-state index contributed by atoms with van der Waals surface area (Å²) in [6.45, 7) is 11.1. The number of likely N-dealkylation sites (tertiary alicyclic amines) is 1.